The molecular weight excluding hydrogens is 449 g/mol. The number of halogens is 3. The predicted molar refractivity (Wildman–Crippen MR) is 119 cm³/mol. The summed E-state index contributed by atoms with van der Waals surface area (Å²) in [5.41, 5.74) is -0.102. The quantitative estimate of drug-likeness (QED) is 0.580. The van der Waals surface area contributed by atoms with Gasteiger partial charge in [0.2, 0.25) is 5.91 Å². The number of ether oxygens (including phenoxy) is 1. The van der Waals surface area contributed by atoms with Gasteiger partial charge in [0, 0.05) is 25.3 Å². The van der Waals surface area contributed by atoms with Crippen molar-refractivity contribution in [3.8, 4) is 0 Å². The van der Waals surface area contributed by atoms with Gasteiger partial charge in [-0.15, -0.1) is 0 Å². The summed E-state index contributed by atoms with van der Waals surface area (Å²) in [6.45, 7) is 0.207. The molecule has 7 nitrogen and oxygen atoms in total. The highest BCUT2D eigenvalue weighted by molar-refractivity contribution is 5.98. The van der Waals surface area contributed by atoms with Gasteiger partial charge in [0.05, 0.1) is 28.4 Å². The van der Waals surface area contributed by atoms with Gasteiger partial charge in [0.15, 0.2) is 0 Å². The Bertz CT molecular complexity index is 1090. The highest BCUT2D eigenvalue weighted by Crippen LogP contribution is 2.34. The third-order valence-corrected chi connectivity index (χ3v) is 6.19. The Labute approximate surface area is 195 Å². The van der Waals surface area contributed by atoms with E-state index < -0.39 is 29.1 Å². The highest BCUT2D eigenvalue weighted by Gasteiger charge is 2.36. The fourth-order valence-electron chi connectivity index (χ4n) is 4.58. The van der Waals surface area contributed by atoms with Crippen molar-refractivity contribution in [3.63, 3.8) is 0 Å². The first-order valence-electron chi connectivity index (χ1n) is 11.3. The monoisotopic (exact) mass is 476 g/mol. The van der Waals surface area contributed by atoms with Gasteiger partial charge in [0.1, 0.15) is 12.4 Å². The Kier molecular flexibility index (Phi) is 7.06. The summed E-state index contributed by atoms with van der Waals surface area (Å²) >= 11 is 0. The van der Waals surface area contributed by atoms with E-state index in [9.17, 15) is 22.8 Å². The molecule has 2 amide bonds. The fourth-order valence-corrected chi connectivity index (χ4v) is 4.58. The topological polar surface area (TPSA) is 96.1 Å². The van der Waals surface area contributed by atoms with Gasteiger partial charge >= 0.3 is 6.18 Å². The number of carbonyl (C=O) groups is 2. The van der Waals surface area contributed by atoms with Crippen LogP contribution >= 0.6 is 0 Å². The van der Waals surface area contributed by atoms with E-state index in [-0.39, 0.29) is 25.0 Å². The molecule has 1 fully saturated rings. The van der Waals surface area contributed by atoms with Crippen molar-refractivity contribution < 1.29 is 27.5 Å². The smallest absolute Gasteiger partial charge is 0.377 e. The zero-order valence-electron chi connectivity index (χ0n) is 18.8. The van der Waals surface area contributed by atoms with Gasteiger partial charge in [-0.2, -0.15) is 13.2 Å². The summed E-state index contributed by atoms with van der Waals surface area (Å²) in [5.74, 6) is -1.22. The minimum Gasteiger partial charge on any atom is -0.377 e. The van der Waals surface area contributed by atoms with Crippen LogP contribution in [0.4, 0.5) is 13.2 Å². The largest absolute Gasteiger partial charge is 0.417 e. The number of aromatic nitrogens is 2. The Balaban J connectivity index is 1.59. The Morgan fingerprint density at radius 3 is 2.62 bits per heavy atom. The maximum absolute atomic E-state index is 13.4. The van der Waals surface area contributed by atoms with E-state index in [0.29, 0.717) is 22.9 Å². The molecule has 0 aliphatic heterocycles. The summed E-state index contributed by atoms with van der Waals surface area (Å²) in [6, 6.07) is 4.70. The number of nitrogens with one attached hydrogen (secondary N) is 3. The van der Waals surface area contributed by atoms with Crippen molar-refractivity contribution in [3.05, 3.63) is 58.3 Å². The van der Waals surface area contributed by atoms with E-state index in [1.54, 1.807) is 6.08 Å². The van der Waals surface area contributed by atoms with Gasteiger partial charge in [0.25, 0.3) is 5.91 Å². The van der Waals surface area contributed by atoms with Gasteiger partial charge in [-0.25, -0.2) is 4.98 Å². The van der Waals surface area contributed by atoms with Crippen LogP contribution in [0, 0.1) is 0 Å². The molecule has 34 heavy (non-hydrogen) atoms. The van der Waals surface area contributed by atoms with Gasteiger partial charge in [-0.05, 0) is 31.1 Å². The summed E-state index contributed by atoms with van der Waals surface area (Å²) in [5, 5.41) is 5.67. The van der Waals surface area contributed by atoms with E-state index in [4.69, 9.17) is 4.74 Å². The normalized spacial score (nSPS) is 18.7. The van der Waals surface area contributed by atoms with E-state index >= 15 is 0 Å². The number of hydrogen-bond acceptors (Lipinski definition) is 4. The van der Waals surface area contributed by atoms with Crippen LogP contribution in [0.1, 0.15) is 77.6 Å². The van der Waals surface area contributed by atoms with Crippen molar-refractivity contribution in [2.24, 2.45) is 0 Å². The summed E-state index contributed by atoms with van der Waals surface area (Å²) in [4.78, 5) is 33.6. The molecule has 3 N–H and O–H groups in total. The highest BCUT2D eigenvalue weighted by atomic mass is 19.4. The van der Waals surface area contributed by atoms with Crippen molar-refractivity contribution in [1.82, 2.24) is 20.6 Å². The predicted octanol–water partition coefficient (Wildman–Crippen LogP) is 4.28. The second-order valence-electron chi connectivity index (χ2n) is 8.68. The van der Waals surface area contributed by atoms with Gasteiger partial charge in [-0.1, -0.05) is 31.4 Å². The number of H-pyrrole nitrogens is 1. The van der Waals surface area contributed by atoms with Gasteiger partial charge in [-0.3, -0.25) is 9.59 Å². The molecular formula is C24H27F3N4O3. The number of allylic oxidation sites excluding steroid dienone is 1. The minimum absolute atomic E-state index is 0.0914. The third kappa shape index (κ3) is 5.32. The number of fused-ring (bicyclic) bond motifs is 1. The van der Waals surface area contributed by atoms with E-state index in [1.165, 1.54) is 19.2 Å². The molecule has 2 aliphatic rings. The number of carbonyl (C=O) groups excluding carboxylic acids is 2. The van der Waals surface area contributed by atoms with Crippen LogP contribution in [0.25, 0.3) is 6.08 Å². The van der Waals surface area contributed by atoms with Crippen LogP contribution < -0.4 is 10.6 Å². The minimum atomic E-state index is -4.66. The van der Waals surface area contributed by atoms with Crippen LogP contribution in [0.15, 0.2) is 30.0 Å². The molecule has 1 saturated carbocycles. The molecule has 4 rings (SSSR count). The molecule has 10 heteroatoms. The summed E-state index contributed by atoms with van der Waals surface area (Å²) in [6.07, 6.45) is 2.14. The van der Waals surface area contributed by atoms with Crippen LogP contribution in [-0.4, -0.2) is 34.9 Å². The lowest BCUT2D eigenvalue weighted by Gasteiger charge is -2.27. The molecule has 1 atom stereocenters. The maximum Gasteiger partial charge on any atom is 0.417 e. The number of amides is 2. The first-order valence-corrected chi connectivity index (χ1v) is 11.3. The summed E-state index contributed by atoms with van der Waals surface area (Å²) < 4.78 is 45.3. The SMILES string of the molecule is COCc1nc2c([nH]1)C(C(=O)NC1CCCCC1)CC(NC(=O)c1ccccc1C(F)(F)F)=C2. The van der Waals surface area contributed by atoms with E-state index in [1.807, 2.05) is 0 Å². The van der Waals surface area contributed by atoms with Gasteiger partial charge < -0.3 is 20.4 Å². The number of nitrogens with zero attached hydrogens (tertiary/aromatic N) is 1. The van der Waals surface area contributed by atoms with Crippen LogP contribution in [-0.2, 0) is 22.3 Å². The van der Waals surface area contributed by atoms with Crippen LogP contribution in [0.2, 0.25) is 0 Å². The van der Waals surface area contributed by atoms with Crippen molar-refractivity contribution in [2.75, 3.05) is 7.11 Å². The lowest BCUT2D eigenvalue weighted by molar-refractivity contribution is -0.138. The number of aromatic amines is 1. The first kappa shape index (κ1) is 24.0. The van der Waals surface area contributed by atoms with Crippen molar-refractivity contribution >= 4 is 17.9 Å². The number of benzene rings is 1. The molecule has 1 aromatic heterocycles. The standard InChI is InChI=1S/C24H27F3N4O3/c1-34-13-20-30-19-12-15(29-22(32)16-9-5-6-10-18(16)24(25,26)27)11-17(21(19)31-20)23(33)28-14-7-3-2-4-8-14/h5-6,9-10,12,14,17H,2-4,7-8,11,13H2,1H3,(H,28,33)(H,29,32)(H,30,31). The maximum atomic E-state index is 13.4. The van der Waals surface area contributed by atoms with Crippen LogP contribution in [0.3, 0.4) is 0 Å². The molecule has 0 bridgehead atoms. The number of hydrogen-bond donors (Lipinski definition) is 3. The number of alkyl halides is 3. The second kappa shape index (κ2) is 10.0. The van der Waals surface area contributed by atoms with Crippen LogP contribution in [0.5, 0.6) is 0 Å². The molecule has 1 aromatic carbocycles. The lowest BCUT2D eigenvalue weighted by Crippen LogP contribution is -2.40. The van der Waals surface area contributed by atoms with E-state index in [2.05, 4.69) is 20.6 Å². The summed E-state index contributed by atoms with van der Waals surface area (Å²) in [7, 11) is 1.52. The zero-order chi connectivity index (χ0) is 24.3. The number of imidazole rings is 1. The third-order valence-electron chi connectivity index (χ3n) is 6.19. The molecule has 182 valence electrons. The number of methoxy groups -OCH3 is 1. The van der Waals surface area contributed by atoms with E-state index in [0.717, 1.165) is 44.2 Å². The molecule has 0 spiro atoms. The first-order chi connectivity index (χ1) is 16.3. The Morgan fingerprint density at radius 1 is 1.18 bits per heavy atom. The van der Waals surface area contributed by atoms with Crippen molar-refractivity contribution in [2.45, 2.75) is 63.3 Å². The molecule has 0 radical (unpaired) electrons. The Hall–Kier alpha value is -3.14. The zero-order valence-corrected chi connectivity index (χ0v) is 18.8. The molecule has 1 heterocycles. The van der Waals surface area contributed by atoms with Crippen molar-refractivity contribution in [1.29, 1.82) is 0 Å². The Morgan fingerprint density at radius 2 is 1.91 bits per heavy atom. The fraction of sp³-hybridized carbons (Fsp3) is 0.458. The lowest BCUT2D eigenvalue weighted by atomic mass is 9.89. The average Bonchev–Trinajstić information content (AvgIpc) is 3.21. The average molecular weight is 476 g/mol. The number of rotatable bonds is 6. The second-order valence-corrected chi connectivity index (χ2v) is 8.68. The molecule has 1 unspecified atom stereocenters. The molecule has 0 saturated heterocycles. The molecule has 2 aromatic rings. The molecule has 2 aliphatic carbocycles.